The molecule has 0 aromatic heterocycles. The third-order valence-electron chi connectivity index (χ3n) is 2.58. The van der Waals surface area contributed by atoms with E-state index >= 15 is 0 Å². The molecule has 0 aromatic rings. The van der Waals surface area contributed by atoms with Gasteiger partial charge in [0.15, 0.2) is 0 Å². The molecule has 3 aliphatic rings. The topological polar surface area (TPSA) is 24.7 Å². The highest BCUT2D eigenvalue weighted by molar-refractivity contribution is 5.94. The zero-order chi connectivity index (χ0) is 13.2. The normalized spacial score (nSPS) is 18.5. The van der Waals surface area contributed by atoms with Crippen LogP contribution >= 0.6 is 0 Å². The molecule has 0 saturated carbocycles. The van der Waals surface area contributed by atoms with Crippen molar-refractivity contribution in [1.82, 2.24) is 0 Å². The molecule has 0 amide bonds. The molecule has 0 N–H and O–H groups in total. The Morgan fingerprint density at radius 1 is 1.00 bits per heavy atom. The Labute approximate surface area is 110 Å². The molecule has 2 aliphatic heterocycles. The van der Waals surface area contributed by atoms with Crippen molar-refractivity contribution in [2.45, 2.75) is 33.6 Å². The zero-order valence-corrected chi connectivity index (χ0v) is 11.6. The van der Waals surface area contributed by atoms with Gasteiger partial charge < -0.3 is 0 Å². The lowest BCUT2D eigenvalue weighted by Gasteiger charge is -1.78. The molecular weight excluding hydrogens is 220 g/mol. The first kappa shape index (κ1) is 14.4. The molecule has 2 nitrogen and oxygen atoms in total. The minimum atomic E-state index is 0.895. The molecule has 0 unspecified atom stereocenters. The Balaban J connectivity index is 0.000000135. The SMILES string of the molecule is CC1=CC=CC1.CC1=NC=CC1.CC1=NCC=C1. The Bertz CT molecular complexity index is 401. The van der Waals surface area contributed by atoms with E-state index in [-0.39, 0.29) is 0 Å². The minimum absolute atomic E-state index is 0.895. The second-order valence-corrected chi connectivity index (χ2v) is 4.48. The molecule has 0 bridgehead atoms. The summed E-state index contributed by atoms with van der Waals surface area (Å²) in [6, 6.07) is 0. The second-order valence-electron chi connectivity index (χ2n) is 4.48. The predicted octanol–water partition coefficient (Wildman–Crippen LogP) is 4.27. The lowest BCUT2D eigenvalue weighted by atomic mass is 10.3. The van der Waals surface area contributed by atoms with E-state index in [9.17, 15) is 0 Å². The minimum Gasteiger partial charge on any atom is -0.286 e. The van der Waals surface area contributed by atoms with Crippen molar-refractivity contribution < 1.29 is 0 Å². The van der Waals surface area contributed by atoms with Crippen LogP contribution in [0.4, 0.5) is 0 Å². The van der Waals surface area contributed by atoms with Gasteiger partial charge in [-0.15, -0.1) is 0 Å². The van der Waals surface area contributed by atoms with Crippen molar-refractivity contribution in [3.8, 4) is 0 Å². The first-order valence-electron chi connectivity index (χ1n) is 6.36. The lowest BCUT2D eigenvalue weighted by molar-refractivity contribution is 1.25. The summed E-state index contributed by atoms with van der Waals surface area (Å²) < 4.78 is 0. The van der Waals surface area contributed by atoms with Crippen LogP contribution in [0.1, 0.15) is 33.6 Å². The Morgan fingerprint density at radius 3 is 2.00 bits per heavy atom. The standard InChI is InChI=1S/C6H8.2C5H7N/c1-6-4-2-3-5-6;2*1-5-3-2-4-6-5/h2-4H,5H2,1H3;2,4H,3H2,1H3;2-3H,4H2,1H3. The molecule has 3 rings (SSSR count). The third kappa shape index (κ3) is 6.79. The molecule has 2 heteroatoms. The molecule has 18 heavy (non-hydrogen) atoms. The number of rotatable bonds is 0. The molecule has 0 radical (unpaired) electrons. The molecule has 0 spiro atoms. The predicted molar refractivity (Wildman–Crippen MR) is 81.5 cm³/mol. The monoisotopic (exact) mass is 242 g/mol. The van der Waals surface area contributed by atoms with Crippen molar-refractivity contribution in [3.63, 3.8) is 0 Å². The first-order valence-corrected chi connectivity index (χ1v) is 6.36. The van der Waals surface area contributed by atoms with Gasteiger partial charge in [0.1, 0.15) is 0 Å². The van der Waals surface area contributed by atoms with Crippen LogP contribution in [0, 0.1) is 0 Å². The summed E-state index contributed by atoms with van der Waals surface area (Å²) in [5, 5.41) is 0. The quantitative estimate of drug-likeness (QED) is 0.606. The largest absolute Gasteiger partial charge is 0.286 e. The Kier molecular flexibility index (Phi) is 6.70. The van der Waals surface area contributed by atoms with Crippen LogP contribution in [0.3, 0.4) is 0 Å². The summed E-state index contributed by atoms with van der Waals surface area (Å²) in [7, 11) is 0. The maximum absolute atomic E-state index is 4.04. The van der Waals surface area contributed by atoms with Gasteiger partial charge in [0, 0.05) is 24.0 Å². The van der Waals surface area contributed by atoms with E-state index in [1.54, 1.807) is 0 Å². The van der Waals surface area contributed by atoms with Gasteiger partial charge in [-0.3, -0.25) is 9.98 Å². The van der Waals surface area contributed by atoms with Crippen molar-refractivity contribution in [2.75, 3.05) is 6.54 Å². The Morgan fingerprint density at radius 2 is 1.83 bits per heavy atom. The molecule has 96 valence electrons. The molecule has 0 aromatic carbocycles. The molecule has 0 fully saturated rings. The fourth-order valence-corrected chi connectivity index (χ4v) is 1.48. The van der Waals surface area contributed by atoms with E-state index in [0.29, 0.717) is 0 Å². The van der Waals surface area contributed by atoms with Crippen LogP contribution in [-0.2, 0) is 0 Å². The Hall–Kier alpha value is -1.70. The van der Waals surface area contributed by atoms with Gasteiger partial charge in [0.05, 0.1) is 6.54 Å². The van der Waals surface area contributed by atoms with Crippen molar-refractivity contribution in [3.05, 3.63) is 48.2 Å². The van der Waals surface area contributed by atoms with E-state index < -0.39 is 0 Å². The fraction of sp³-hybridized carbons (Fsp3) is 0.375. The van der Waals surface area contributed by atoms with Gasteiger partial charge in [0.25, 0.3) is 0 Å². The molecule has 0 saturated heterocycles. The van der Waals surface area contributed by atoms with Gasteiger partial charge in [-0.1, -0.05) is 36.0 Å². The van der Waals surface area contributed by atoms with Crippen LogP contribution in [-0.4, -0.2) is 18.0 Å². The van der Waals surface area contributed by atoms with E-state index in [1.165, 1.54) is 17.7 Å². The fourth-order valence-electron chi connectivity index (χ4n) is 1.48. The highest BCUT2D eigenvalue weighted by Crippen LogP contribution is 2.06. The second kappa shape index (κ2) is 8.40. The molecular formula is C16H22N2. The average Bonchev–Trinajstić information content (AvgIpc) is 3.05. The van der Waals surface area contributed by atoms with Crippen LogP contribution < -0.4 is 0 Å². The van der Waals surface area contributed by atoms with E-state index in [4.69, 9.17) is 0 Å². The number of allylic oxidation sites excluding steroid dienone is 6. The summed E-state index contributed by atoms with van der Waals surface area (Å²) in [4.78, 5) is 8.01. The summed E-state index contributed by atoms with van der Waals surface area (Å²) in [6.45, 7) is 7.06. The van der Waals surface area contributed by atoms with Gasteiger partial charge in [-0.2, -0.15) is 0 Å². The van der Waals surface area contributed by atoms with Crippen LogP contribution in [0.25, 0.3) is 0 Å². The van der Waals surface area contributed by atoms with Crippen LogP contribution in [0.15, 0.2) is 58.2 Å². The van der Waals surface area contributed by atoms with Gasteiger partial charge in [-0.25, -0.2) is 0 Å². The number of nitrogens with zero attached hydrogens (tertiary/aromatic N) is 2. The number of hydrogen-bond donors (Lipinski definition) is 0. The molecule has 1 aliphatic carbocycles. The summed E-state index contributed by atoms with van der Waals surface area (Å²) >= 11 is 0. The average molecular weight is 242 g/mol. The number of hydrogen-bond acceptors (Lipinski definition) is 2. The first-order chi connectivity index (χ1) is 8.68. The smallest absolute Gasteiger partial charge is 0.0577 e. The number of aliphatic imine (C=N–C) groups is 2. The van der Waals surface area contributed by atoms with Crippen LogP contribution in [0.5, 0.6) is 0 Å². The van der Waals surface area contributed by atoms with Gasteiger partial charge in [-0.05, 0) is 33.3 Å². The van der Waals surface area contributed by atoms with Crippen molar-refractivity contribution >= 4 is 11.4 Å². The lowest BCUT2D eigenvalue weighted by Crippen LogP contribution is -1.78. The maximum atomic E-state index is 4.04. The van der Waals surface area contributed by atoms with E-state index in [1.807, 2.05) is 26.1 Å². The van der Waals surface area contributed by atoms with Gasteiger partial charge in [0.2, 0.25) is 0 Å². The van der Waals surface area contributed by atoms with Crippen LogP contribution in [0.2, 0.25) is 0 Å². The van der Waals surface area contributed by atoms with E-state index in [0.717, 1.165) is 18.7 Å². The van der Waals surface area contributed by atoms with Crippen molar-refractivity contribution in [1.29, 1.82) is 0 Å². The zero-order valence-electron chi connectivity index (χ0n) is 11.6. The van der Waals surface area contributed by atoms with Gasteiger partial charge >= 0.3 is 0 Å². The maximum Gasteiger partial charge on any atom is 0.0577 e. The highest BCUT2D eigenvalue weighted by Gasteiger charge is 1.88. The van der Waals surface area contributed by atoms with E-state index in [2.05, 4.69) is 47.3 Å². The summed E-state index contributed by atoms with van der Waals surface area (Å²) in [5.74, 6) is 0. The third-order valence-corrected chi connectivity index (χ3v) is 2.58. The molecule has 0 atom stereocenters. The summed E-state index contributed by atoms with van der Waals surface area (Å²) in [6.07, 6.45) is 16.6. The highest BCUT2D eigenvalue weighted by atomic mass is 14.7. The summed E-state index contributed by atoms with van der Waals surface area (Å²) in [5.41, 5.74) is 3.83. The van der Waals surface area contributed by atoms with Crippen molar-refractivity contribution in [2.24, 2.45) is 9.98 Å². The molecule has 2 heterocycles.